The fraction of sp³-hybridized carbons (Fsp3) is 0.722. The molecule has 0 saturated carbocycles. The van der Waals surface area contributed by atoms with Gasteiger partial charge in [0.1, 0.15) is 0 Å². The largest absolute Gasteiger partial charge is 0.356 e. The molecule has 4 nitrogen and oxygen atoms in total. The van der Waals surface area contributed by atoms with E-state index in [0.29, 0.717) is 0 Å². The van der Waals surface area contributed by atoms with Crippen LogP contribution in [-0.4, -0.2) is 50.6 Å². The summed E-state index contributed by atoms with van der Waals surface area (Å²) >= 11 is 1.82. The van der Waals surface area contributed by atoms with Crippen molar-refractivity contribution < 1.29 is 0 Å². The van der Waals surface area contributed by atoms with Crippen molar-refractivity contribution in [2.24, 2.45) is 10.9 Å². The number of hydrogen-bond donors (Lipinski definition) is 2. The topological polar surface area (TPSA) is 39.7 Å². The van der Waals surface area contributed by atoms with Gasteiger partial charge in [-0.3, -0.25) is 4.99 Å². The van der Waals surface area contributed by atoms with Crippen molar-refractivity contribution in [2.45, 2.75) is 39.0 Å². The molecule has 1 atom stereocenters. The fourth-order valence-electron chi connectivity index (χ4n) is 3.12. The quantitative estimate of drug-likeness (QED) is 0.385. The molecule has 2 heterocycles. The second-order valence-corrected chi connectivity index (χ2v) is 8.02. The average molecular weight is 464 g/mol. The van der Waals surface area contributed by atoms with E-state index in [1.54, 1.807) is 0 Å². The number of halogens is 1. The molecule has 6 heteroatoms. The molecule has 0 aromatic carbocycles. The first-order chi connectivity index (χ1) is 11.0. The van der Waals surface area contributed by atoms with Gasteiger partial charge in [0.2, 0.25) is 0 Å². The number of nitrogens with zero attached hydrogens (tertiary/aromatic N) is 2. The van der Waals surface area contributed by atoms with Gasteiger partial charge < -0.3 is 15.5 Å². The molecule has 0 amide bonds. The highest BCUT2D eigenvalue weighted by atomic mass is 127. The van der Waals surface area contributed by atoms with E-state index in [2.05, 4.69) is 58.8 Å². The maximum atomic E-state index is 4.38. The van der Waals surface area contributed by atoms with Crippen molar-refractivity contribution in [3.63, 3.8) is 0 Å². The lowest BCUT2D eigenvalue weighted by Crippen LogP contribution is -2.46. The van der Waals surface area contributed by atoms with Crippen LogP contribution in [0.3, 0.4) is 0 Å². The summed E-state index contributed by atoms with van der Waals surface area (Å²) in [6.07, 6.45) is 2.64. The Bertz CT molecular complexity index is 487. The molecule has 0 spiro atoms. The summed E-state index contributed by atoms with van der Waals surface area (Å²) in [5.41, 5.74) is 0.121. The van der Waals surface area contributed by atoms with Crippen LogP contribution in [0.15, 0.2) is 22.5 Å². The highest BCUT2D eigenvalue weighted by Gasteiger charge is 2.22. The number of thiophene rings is 1. The van der Waals surface area contributed by atoms with Crippen LogP contribution >= 0.6 is 35.3 Å². The number of likely N-dealkylation sites (tertiary alicyclic amines) is 1. The Balaban J connectivity index is 0.00000288. The van der Waals surface area contributed by atoms with Crippen molar-refractivity contribution in [3.05, 3.63) is 22.4 Å². The van der Waals surface area contributed by atoms with Crippen LogP contribution in [0.5, 0.6) is 0 Å². The maximum Gasteiger partial charge on any atom is 0.191 e. The van der Waals surface area contributed by atoms with Gasteiger partial charge in [0.15, 0.2) is 5.96 Å². The van der Waals surface area contributed by atoms with Crippen LogP contribution in [0.2, 0.25) is 0 Å². The number of nitrogens with one attached hydrogen (secondary N) is 2. The number of guanidine groups is 1. The molecule has 0 radical (unpaired) electrons. The van der Waals surface area contributed by atoms with E-state index < -0.39 is 0 Å². The van der Waals surface area contributed by atoms with E-state index in [9.17, 15) is 0 Å². The van der Waals surface area contributed by atoms with Crippen LogP contribution in [0.25, 0.3) is 0 Å². The van der Waals surface area contributed by atoms with Crippen LogP contribution in [-0.2, 0) is 5.41 Å². The van der Waals surface area contributed by atoms with Gasteiger partial charge in [-0.1, -0.05) is 26.8 Å². The van der Waals surface area contributed by atoms with Gasteiger partial charge in [0.05, 0.1) is 0 Å². The molecular formula is C18H33IN4S. The van der Waals surface area contributed by atoms with Crippen LogP contribution in [0.4, 0.5) is 0 Å². The van der Waals surface area contributed by atoms with Crippen LogP contribution < -0.4 is 10.6 Å². The monoisotopic (exact) mass is 464 g/mol. The highest BCUT2D eigenvalue weighted by molar-refractivity contribution is 14.0. The molecule has 1 aromatic heterocycles. The summed E-state index contributed by atoms with van der Waals surface area (Å²) < 4.78 is 0. The minimum Gasteiger partial charge on any atom is -0.356 e. The normalized spacial score (nSPS) is 19.7. The van der Waals surface area contributed by atoms with Gasteiger partial charge in [-0.2, -0.15) is 0 Å². The lowest BCUT2D eigenvalue weighted by molar-refractivity contribution is 0.183. The Morgan fingerprint density at radius 3 is 2.83 bits per heavy atom. The second-order valence-electron chi connectivity index (χ2n) is 7.07. The van der Waals surface area contributed by atoms with E-state index >= 15 is 0 Å². The van der Waals surface area contributed by atoms with E-state index in [4.69, 9.17) is 0 Å². The van der Waals surface area contributed by atoms with E-state index in [-0.39, 0.29) is 29.4 Å². The second kappa shape index (κ2) is 10.6. The van der Waals surface area contributed by atoms with E-state index in [0.717, 1.165) is 25.0 Å². The molecule has 1 saturated heterocycles. The number of rotatable bonds is 6. The molecule has 2 N–H and O–H groups in total. The third-order valence-corrected chi connectivity index (χ3v) is 5.95. The molecule has 1 aromatic rings. The van der Waals surface area contributed by atoms with Crippen molar-refractivity contribution in [1.82, 2.24) is 15.5 Å². The molecular weight excluding hydrogens is 431 g/mol. The predicted octanol–water partition coefficient (Wildman–Crippen LogP) is 3.54. The van der Waals surface area contributed by atoms with Crippen LogP contribution in [0.1, 0.15) is 38.5 Å². The molecule has 1 fully saturated rings. The van der Waals surface area contributed by atoms with Gasteiger partial charge in [-0.05, 0) is 43.3 Å². The first kappa shape index (κ1) is 21.7. The standard InChI is InChI=1S/C18H32N4S.HI/c1-5-22-10-6-8-15(13-22)12-20-17(19-4)21-14-18(2,3)16-9-7-11-23-16;/h7,9,11,15H,5-6,8,10,12-14H2,1-4H3,(H2,19,20,21);1H. The Morgan fingerprint density at radius 2 is 2.21 bits per heavy atom. The van der Waals surface area contributed by atoms with Crippen molar-refractivity contribution in [3.8, 4) is 0 Å². The first-order valence-corrected chi connectivity index (χ1v) is 9.64. The summed E-state index contributed by atoms with van der Waals surface area (Å²) in [4.78, 5) is 8.34. The zero-order valence-electron chi connectivity index (χ0n) is 15.5. The predicted molar refractivity (Wildman–Crippen MR) is 117 cm³/mol. The minimum absolute atomic E-state index is 0. The van der Waals surface area contributed by atoms with Crippen molar-refractivity contribution in [2.75, 3.05) is 39.8 Å². The van der Waals surface area contributed by atoms with Gasteiger partial charge in [-0.25, -0.2) is 0 Å². The molecule has 1 unspecified atom stereocenters. The first-order valence-electron chi connectivity index (χ1n) is 8.76. The lowest BCUT2D eigenvalue weighted by atomic mass is 9.91. The smallest absolute Gasteiger partial charge is 0.191 e. The van der Waals surface area contributed by atoms with Crippen molar-refractivity contribution in [1.29, 1.82) is 0 Å². The molecule has 1 aliphatic rings. The minimum atomic E-state index is 0. The zero-order chi connectivity index (χ0) is 16.7. The summed E-state index contributed by atoms with van der Waals surface area (Å²) in [6, 6.07) is 4.33. The van der Waals surface area contributed by atoms with Gasteiger partial charge >= 0.3 is 0 Å². The third kappa shape index (κ3) is 6.52. The van der Waals surface area contributed by atoms with E-state index in [1.807, 2.05) is 18.4 Å². The Labute approximate surface area is 168 Å². The lowest BCUT2D eigenvalue weighted by Gasteiger charge is -2.32. The fourth-order valence-corrected chi connectivity index (χ4v) is 3.97. The summed E-state index contributed by atoms with van der Waals surface area (Å²) in [7, 11) is 1.85. The zero-order valence-corrected chi connectivity index (χ0v) is 18.6. The molecule has 2 rings (SSSR count). The molecule has 24 heavy (non-hydrogen) atoms. The van der Waals surface area contributed by atoms with Gasteiger partial charge in [0, 0.05) is 37.0 Å². The maximum absolute atomic E-state index is 4.38. The highest BCUT2D eigenvalue weighted by Crippen LogP contribution is 2.26. The molecule has 1 aliphatic heterocycles. The third-order valence-electron chi connectivity index (χ3n) is 4.72. The Morgan fingerprint density at radius 1 is 1.42 bits per heavy atom. The molecule has 0 bridgehead atoms. The number of aliphatic imine (C=N–C) groups is 1. The molecule has 138 valence electrons. The Kier molecular flexibility index (Phi) is 9.59. The Hall–Kier alpha value is -0.340. The average Bonchev–Trinajstić information content (AvgIpc) is 3.10. The number of piperidine rings is 1. The van der Waals surface area contributed by atoms with Gasteiger partial charge in [0.25, 0.3) is 0 Å². The SMILES string of the molecule is CCN1CCCC(CNC(=NC)NCC(C)(C)c2cccs2)C1.I. The van der Waals surface area contributed by atoms with Crippen molar-refractivity contribution >= 4 is 41.3 Å². The summed E-state index contributed by atoms with van der Waals surface area (Å²) in [5, 5.41) is 9.16. The van der Waals surface area contributed by atoms with Crippen LogP contribution in [0, 0.1) is 5.92 Å². The van der Waals surface area contributed by atoms with Gasteiger partial charge in [-0.15, -0.1) is 35.3 Å². The number of hydrogen-bond acceptors (Lipinski definition) is 3. The van der Waals surface area contributed by atoms with E-state index in [1.165, 1.54) is 37.4 Å². The summed E-state index contributed by atoms with van der Waals surface area (Å²) in [6.45, 7) is 12.3. The summed E-state index contributed by atoms with van der Waals surface area (Å²) in [5.74, 6) is 1.65. The molecule has 0 aliphatic carbocycles.